The number of thiazole rings is 1. The number of nitrogens with zero attached hydrogens (tertiary/aromatic N) is 1. The van der Waals surface area contributed by atoms with Crippen molar-refractivity contribution in [3.8, 4) is 0 Å². The first-order valence-electron chi connectivity index (χ1n) is 3.96. The monoisotopic (exact) mass is 193 g/mol. The quantitative estimate of drug-likeness (QED) is 0.691. The number of ketones is 1. The molecule has 2 nitrogen and oxygen atoms in total. The predicted molar refractivity (Wildman–Crippen MR) is 56.9 cm³/mol. The molecule has 0 bridgehead atoms. The van der Waals surface area contributed by atoms with E-state index in [1.807, 2.05) is 19.1 Å². The first kappa shape index (κ1) is 9.86. The van der Waals surface area contributed by atoms with E-state index in [0.717, 1.165) is 10.6 Å². The molecule has 0 radical (unpaired) electrons. The minimum atomic E-state index is 0.00357. The molecule has 3 heteroatoms. The molecule has 0 fully saturated rings. The van der Waals surface area contributed by atoms with E-state index in [1.54, 1.807) is 6.08 Å². The Balaban J connectivity index is 3.18. The highest BCUT2D eigenvalue weighted by Crippen LogP contribution is 2.21. The predicted octanol–water partition coefficient (Wildman–Crippen LogP) is 3.02. The molecule has 0 saturated carbocycles. The van der Waals surface area contributed by atoms with Gasteiger partial charge in [-0.05, 0) is 19.1 Å². The number of hydrogen-bond donors (Lipinski definition) is 0. The van der Waals surface area contributed by atoms with Crippen molar-refractivity contribution < 1.29 is 4.79 Å². The standard InChI is InChI=1S/C10H11NOS/c1-4-6-9-8(5-2)11-10(13-9)7(3)12/h4-6H,2H2,1,3H3/b6-4-. The second-order valence-electron chi connectivity index (χ2n) is 2.53. The van der Waals surface area contributed by atoms with Gasteiger partial charge in [0.2, 0.25) is 0 Å². The Bertz CT molecular complexity index is 363. The molecule has 0 aromatic carbocycles. The average Bonchev–Trinajstić information content (AvgIpc) is 2.48. The Labute approximate surface area is 81.6 Å². The van der Waals surface area contributed by atoms with Gasteiger partial charge in [0.1, 0.15) is 0 Å². The highest BCUT2D eigenvalue weighted by atomic mass is 32.1. The van der Waals surface area contributed by atoms with Gasteiger partial charge in [-0.15, -0.1) is 11.3 Å². The van der Waals surface area contributed by atoms with E-state index in [9.17, 15) is 4.79 Å². The molecule has 0 saturated heterocycles. The van der Waals surface area contributed by atoms with Gasteiger partial charge in [0.25, 0.3) is 0 Å². The summed E-state index contributed by atoms with van der Waals surface area (Å²) in [5.41, 5.74) is 0.785. The van der Waals surface area contributed by atoms with Crippen molar-refractivity contribution in [1.82, 2.24) is 4.98 Å². The molecule has 1 aromatic heterocycles. The summed E-state index contributed by atoms with van der Waals surface area (Å²) in [4.78, 5) is 16.2. The molecular weight excluding hydrogens is 182 g/mol. The van der Waals surface area contributed by atoms with E-state index in [0.29, 0.717) is 5.01 Å². The van der Waals surface area contributed by atoms with Crippen molar-refractivity contribution in [2.24, 2.45) is 0 Å². The van der Waals surface area contributed by atoms with Crippen LogP contribution in [0.15, 0.2) is 12.7 Å². The van der Waals surface area contributed by atoms with Crippen molar-refractivity contribution in [1.29, 1.82) is 0 Å². The molecule has 0 N–H and O–H groups in total. The van der Waals surface area contributed by atoms with Crippen LogP contribution in [0.1, 0.15) is 34.2 Å². The molecule has 0 aliphatic heterocycles. The molecule has 0 spiro atoms. The summed E-state index contributed by atoms with van der Waals surface area (Å²) in [6.07, 6.45) is 5.52. The third-order valence-electron chi connectivity index (χ3n) is 1.49. The summed E-state index contributed by atoms with van der Waals surface area (Å²) in [5.74, 6) is 0.00357. The van der Waals surface area contributed by atoms with Gasteiger partial charge < -0.3 is 0 Å². The Morgan fingerprint density at radius 1 is 1.62 bits per heavy atom. The molecule has 0 amide bonds. The molecule has 1 heterocycles. The van der Waals surface area contributed by atoms with Crippen molar-refractivity contribution in [3.05, 3.63) is 28.2 Å². The van der Waals surface area contributed by atoms with Crippen LogP contribution in [0.2, 0.25) is 0 Å². The number of carbonyl (C=O) groups is 1. The summed E-state index contributed by atoms with van der Waals surface area (Å²) < 4.78 is 0. The summed E-state index contributed by atoms with van der Waals surface area (Å²) in [6, 6.07) is 0. The van der Waals surface area contributed by atoms with Gasteiger partial charge in [-0.1, -0.05) is 12.7 Å². The fraction of sp³-hybridized carbons (Fsp3) is 0.200. The Morgan fingerprint density at radius 3 is 2.77 bits per heavy atom. The molecule has 0 aliphatic carbocycles. The van der Waals surface area contributed by atoms with Crippen molar-refractivity contribution in [2.45, 2.75) is 13.8 Å². The minimum absolute atomic E-state index is 0.00357. The zero-order chi connectivity index (χ0) is 9.84. The van der Waals surface area contributed by atoms with Crippen LogP contribution >= 0.6 is 11.3 Å². The van der Waals surface area contributed by atoms with E-state index in [-0.39, 0.29) is 5.78 Å². The van der Waals surface area contributed by atoms with E-state index >= 15 is 0 Å². The lowest BCUT2D eigenvalue weighted by atomic mass is 10.3. The highest BCUT2D eigenvalue weighted by molar-refractivity contribution is 7.14. The van der Waals surface area contributed by atoms with Crippen LogP contribution in [0, 0.1) is 0 Å². The van der Waals surface area contributed by atoms with Gasteiger partial charge in [0, 0.05) is 6.92 Å². The van der Waals surface area contributed by atoms with Gasteiger partial charge in [0.15, 0.2) is 10.8 Å². The van der Waals surface area contributed by atoms with Crippen molar-refractivity contribution >= 4 is 29.3 Å². The maximum absolute atomic E-state index is 11.0. The molecule has 68 valence electrons. The summed E-state index contributed by atoms with van der Waals surface area (Å²) in [5, 5.41) is 0.544. The first-order chi connectivity index (χ1) is 6.19. The number of rotatable bonds is 3. The van der Waals surface area contributed by atoms with E-state index in [2.05, 4.69) is 11.6 Å². The van der Waals surface area contributed by atoms with E-state index in [1.165, 1.54) is 18.3 Å². The highest BCUT2D eigenvalue weighted by Gasteiger charge is 2.08. The number of carbonyl (C=O) groups excluding carboxylic acids is 1. The first-order valence-corrected chi connectivity index (χ1v) is 4.77. The van der Waals surface area contributed by atoms with E-state index in [4.69, 9.17) is 0 Å². The van der Waals surface area contributed by atoms with Gasteiger partial charge in [-0.3, -0.25) is 4.79 Å². The maximum atomic E-state index is 11.0. The van der Waals surface area contributed by atoms with Crippen LogP contribution in [0.4, 0.5) is 0 Å². The van der Waals surface area contributed by atoms with Crippen LogP contribution in [-0.2, 0) is 0 Å². The molecule has 0 unspecified atom stereocenters. The second kappa shape index (κ2) is 4.14. The lowest BCUT2D eigenvalue weighted by molar-refractivity contribution is 0.101. The zero-order valence-electron chi connectivity index (χ0n) is 7.70. The average molecular weight is 193 g/mol. The molecular formula is C10H11NOS. The third-order valence-corrected chi connectivity index (χ3v) is 2.63. The van der Waals surface area contributed by atoms with Crippen molar-refractivity contribution in [2.75, 3.05) is 0 Å². The molecule has 13 heavy (non-hydrogen) atoms. The number of allylic oxidation sites excluding steroid dienone is 1. The molecule has 1 aromatic rings. The fourth-order valence-corrected chi connectivity index (χ4v) is 1.85. The largest absolute Gasteiger partial charge is 0.292 e. The summed E-state index contributed by atoms with van der Waals surface area (Å²) in [7, 11) is 0. The van der Waals surface area contributed by atoms with Crippen LogP contribution in [0.3, 0.4) is 0 Å². The fourth-order valence-electron chi connectivity index (χ4n) is 0.911. The zero-order valence-corrected chi connectivity index (χ0v) is 8.52. The van der Waals surface area contributed by atoms with Gasteiger partial charge in [0.05, 0.1) is 10.6 Å². The normalized spacial score (nSPS) is 10.6. The Kier molecular flexibility index (Phi) is 3.14. The van der Waals surface area contributed by atoms with Crippen LogP contribution in [0.5, 0.6) is 0 Å². The summed E-state index contributed by atoms with van der Waals surface area (Å²) in [6.45, 7) is 7.10. The van der Waals surface area contributed by atoms with Crippen molar-refractivity contribution in [3.63, 3.8) is 0 Å². The molecule has 0 atom stereocenters. The maximum Gasteiger partial charge on any atom is 0.188 e. The summed E-state index contributed by atoms with van der Waals surface area (Å²) >= 11 is 1.40. The van der Waals surface area contributed by atoms with Gasteiger partial charge in [-0.2, -0.15) is 0 Å². The second-order valence-corrected chi connectivity index (χ2v) is 3.56. The van der Waals surface area contributed by atoms with Crippen LogP contribution in [-0.4, -0.2) is 10.8 Å². The number of hydrogen-bond acceptors (Lipinski definition) is 3. The van der Waals surface area contributed by atoms with Crippen LogP contribution in [0.25, 0.3) is 12.2 Å². The van der Waals surface area contributed by atoms with E-state index < -0.39 is 0 Å². The Morgan fingerprint density at radius 2 is 2.31 bits per heavy atom. The lowest BCUT2D eigenvalue weighted by Gasteiger charge is -1.84. The lowest BCUT2D eigenvalue weighted by Crippen LogP contribution is -1.89. The number of aromatic nitrogens is 1. The smallest absolute Gasteiger partial charge is 0.188 e. The van der Waals surface area contributed by atoms with Gasteiger partial charge in [-0.25, -0.2) is 4.98 Å². The topological polar surface area (TPSA) is 30.0 Å². The SMILES string of the molecule is C=Cc1nc(C(C)=O)sc1/C=C\C. The third kappa shape index (κ3) is 2.12. The number of Topliss-reactive ketones (excluding diaryl/α,β-unsaturated/α-hetero) is 1. The van der Waals surface area contributed by atoms with Gasteiger partial charge >= 0.3 is 0 Å². The minimum Gasteiger partial charge on any atom is -0.292 e. The molecule has 1 rings (SSSR count). The van der Waals surface area contributed by atoms with Crippen LogP contribution < -0.4 is 0 Å². The molecule has 0 aliphatic rings. The Hall–Kier alpha value is -1.22.